The molecule has 0 unspecified atom stereocenters. The fraction of sp³-hybridized carbons (Fsp3) is 0.429. The molecule has 6 heteroatoms. The van der Waals surface area contributed by atoms with E-state index in [4.69, 9.17) is 0 Å². The Bertz CT molecular complexity index is 620. The van der Waals surface area contributed by atoms with E-state index in [9.17, 15) is 8.78 Å². The van der Waals surface area contributed by atoms with Gasteiger partial charge in [-0.15, -0.1) is 5.10 Å². The molecule has 2 aromatic rings. The summed E-state index contributed by atoms with van der Waals surface area (Å²) in [4.78, 5) is 0. The first-order valence-corrected chi connectivity index (χ1v) is 6.71. The lowest BCUT2D eigenvalue weighted by molar-refractivity contribution is 0.578. The van der Waals surface area contributed by atoms with Gasteiger partial charge in [0.15, 0.2) is 0 Å². The number of benzene rings is 1. The minimum absolute atomic E-state index is 0.0778. The van der Waals surface area contributed by atoms with Crippen molar-refractivity contribution in [2.45, 2.75) is 26.3 Å². The van der Waals surface area contributed by atoms with Gasteiger partial charge in [0.05, 0.1) is 11.9 Å². The average Bonchev–Trinajstić information content (AvgIpc) is 3.11. The molecule has 3 rings (SSSR count). The number of rotatable bonds is 5. The number of halogens is 2. The van der Waals surface area contributed by atoms with Crippen molar-refractivity contribution in [2.24, 2.45) is 5.92 Å². The first kappa shape index (κ1) is 13.2. The monoisotopic (exact) mass is 278 g/mol. The summed E-state index contributed by atoms with van der Waals surface area (Å²) >= 11 is 0. The topological polar surface area (TPSA) is 42.7 Å². The standard InChI is InChI=1S/C14H16F2N4/c1-9-4-13(16)14(5-12(9)15)20-8-11(18-19-20)7-17-6-10-2-3-10/h4-5,8,10,17H,2-3,6-7H2,1H3. The van der Waals surface area contributed by atoms with Gasteiger partial charge in [-0.05, 0) is 43.9 Å². The van der Waals surface area contributed by atoms with Crippen LogP contribution in [-0.2, 0) is 6.54 Å². The van der Waals surface area contributed by atoms with Crippen molar-refractivity contribution in [3.8, 4) is 5.69 Å². The molecule has 0 spiro atoms. The van der Waals surface area contributed by atoms with Gasteiger partial charge in [-0.1, -0.05) is 5.21 Å². The SMILES string of the molecule is Cc1cc(F)c(-n2cc(CNCC3CC3)nn2)cc1F. The largest absolute Gasteiger partial charge is 0.311 e. The van der Waals surface area contributed by atoms with Crippen molar-refractivity contribution in [3.63, 3.8) is 0 Å². The zero-order valence-electron chi connectivity index (χ0n) is 11.2. The van der Waals surface area contributed by atoms with Crippen molar-refractivity contribution in [2.75, 3.05) is 6.54 Å². The van der Waals surface area contributed by atoms with Crippen LogP contribution in [0.5, 0.6) is 0 Å². The van der Waals surface area contributed by atoms with Crippen molar-refractivity contribution in [1.82, 2.24) is 20.3 Å². The van der Waals surface area contributed by atoms with E-state index in [1.807, 2.05) is 0 Å². The van der Waals surface area contributed by atoms with Crippen LogP contribution in [0.3, 0.4) is 0 Å². The minimum Gasteiger partial charge on any atom is -0.311 e. The highest BCUT2D eigenvalue weighted by Gasteiger charge is 2.20. The van der Waals surface area contributed by atoms with Crippen molar-refractivity contribution in [1.29, 1.82) is 0 Å². The number of nitrogens with zero attached hydrogens (tertiary/aromatic N) is 3. The molecule has 20 heavy (non-hydrogen) atoms. The molecular formula is C14H16F2N4. The van der Waals surface area contributed by atoms with Gasteiger partial charge in [0, 0.05) is 12.6 Å². The summed E-state index contributed by atoms with van der Waals surface area (Å²) in [6, 6.07) is 2.30. The Hall–Kier alpha value is -1.82. The Kier molecular flexibility index (Phi) is 3.48. The van der Waals surface area contributed by atoms with E-state index in [1.165, 1.54) is 24.4 Å². The van der Waals surface area contributed by atoms with Crippen LogP contribution in [0.15, 0.2) is 18.3 Å². The number of aromatic nitrogens is 3. The van der Waals surface area contributed by atoms with E-state index in [1.54, 1.807) is 6.20 Å². The fourth-order valence-electron chi connectivity index (χ4n) is 2.03. The molecule has 1 aliphatic carbocycles. The second-order valence-electron chi connectivity index (χ2n) is 5.28. The van der Waals surface area contributed by atoms with E-state index >= 15 is 0 Å². The van der Waals surface area contributed by atoms with Crippen LogP contribution in [0, 0.1) is 24.5 Å². The van der Waals surface area contributed by atoms with Gasteiger partial charge in [0.1, 0.15) is 17.3 Å². The molecule has 0 saturated heterocycles. The maximum Gasteiger partial charge on any atom is 0.149 e. The van der Waals surface area contributed by atoms with Gasteiger partial charge < -0.3 is 5.32 Å². The molecule has 1 aliphatic rings. The van der Waals surface area contributed by atoms with Crippen LogP contribution >= 0.6 is 0 Å². The molecule has 1 saturated carbocycles. The second kappa shape index (κ2) is 5.28. The van der Waals surface area contributed by atoms with Crippen LogP contribution in [0.1, 0.15) is 24.1 Å². The molecule has 1 fully saturated rings. The number of hydrogen-bond acceptors (Lipinski definition) is 3. The summed E-state index contributed by atoms with van der Waals surface area (Å²) in [7, 11) is 0. The van der Waals surface area contributed by atoms with Gasteiger partial charge >= 0.3 is 0 Å². The average molecular weight is 278 g/mol. The minimum atomic E-state index is -0.508. The van der Waals surface area contributed by atoms with E-state index in [0.29, 0.717) is 12.2 Å². The molecule has 0 atom stereocenters. The number of hydrogen-bond donors (Lipinski definition) is 1. The summed E-state index contributed by atoms with van der Waals surface area (Å²) in [6.07, 6.45) is 4.19. The quantitative estimate of drug-likeness (QED) is 0.913. The molecule has 0 radical (unpaired) electrons. The Balaban J connectivity index is 1.73. The van der Waals surface area contributed by atoms with Crippen LogP contribution in [-0.4, -0.2) is 21.5 Å². The third-order valence-electron chi connectivity index (χ3n) is 3.45. The summed E-state index contributed by atoms with van der Waals surface area (Å²) in [5.41, 5.74) is 1.07. The van der Waals surface area contributed by atoms with E-state index in [0.717, 1.165) is 24.6 Å². The summed E-state index contributed by atoms with van der Waals surface area (Å²) in [6.45, 7) is 3.09. The molecule has 0 aliphatic heterocycles. The molecule has 1 aromatic heterocycles. The summed E-state index contributed by atoms with van der Waals surface area (Å²) in [5.74, 6) is -0.176. The highest BCUT2D eigenvalue weighted by atomic mass is 19.1. The molecule has 4 nitrogen and oxygen atoms in total. The third-order valence-corrected chi connectivity index (χ3v) is 3.45. The first-order chi connectivity index (χ1) is 9.63. The Morgan fingerprint density at radius 1 is 1.30 bits per heavy atom. The lowest BCUT2D eigenvalue weighted by Crippen LogP contribution is -2.16. The highest BCUT2D eigenvalue weighted by Crippen LogP contribution is 2.27. The normalized spacial score (nSPS) is 14.8. The van der Waals surface area contributed by atoms with Crippen molar-refractivity contribution >= 4 is 0 Å². The maximum absolute atomic E-state index is 13.8. The zero-order valence-corrected chi connectivity index (χ0v) is 11.2. The van der Waals surface area contributed by atoms with Gasteiger partial charge in [-0.25, -0.2) is 13.5 Å². The van der Waals surface area contributed by atoms with Crippen LogP contribution in [0.2, 0.25) is 0 Å². The molecule has 0 amide bonds. The van der Waals surface area contributed by atoms with E-state index in [2.05, 4.69) is 15.6 Å². The Morgan fingerprint density at radius 2 is 2.10 bits per heavy atom. The number of nitrogens with one attached hydrogen (secondary N) is 1. The van der Waals surface area contributed by atoms with Crippen LogP contribution < -0.4 is 5.32 Å². The van der Waals surface area contributed by atoms with Crippen LogP contribution in [0.25, 0.3) is 5.69 Å². The smallest absolute Gasteiger partial charge is 0.149 e. The van der Waals surface area contributed by atoms with Gasteiger partial charge in [0.2, 0.25) is 0 Å². The predicted molar refractivity (Wildman–Crippen MR) is 70.4 cm³/mol. The lowest BCUT2D eigenvalue weighted by Gasteiger charge is -2.04. The van der Waals surface area contributed by atoms with Gasteiger partial charge in [-0.3, -0.25) is 0 Å². The predicted octanol–water partition coefficient (Wildman–Crippen LogP) is 2.35. The van der Waals surface area contributed by atoms with Crippen LogP contribution in [0.4, 0.5) is 8.78 Å². The second-order valence-corrected chi connectivity index (χ2v) is 5.28. The first-order valence-electron chi connectivity index (χ1n) is 6.71. The molecular weight excluding hydrogens is 262 g/mol. The van der Waals surface area contributed by atoms with E-state index < -0.39 is 11.6 Å². The fourth-order valence-corrected chi connectivity index (χ4v) is 2.03. The number of aryl methyl sites for hydroxylation is 1. The van der Waals surface area contributed by atoms with Crippen molar-refractivity contribution in [3.05, 3.63) is 41.2 Å². The van der Waals surface area contributed by atoms with Crippen molar-refractivity contribution < 1.29 is 8.78 Å². The van der Waals surface area contributed by atoms with E-state index in [-0.39, 0.29) is 11.3 Å². The highest BCUT2D eigenvalue weighted by molar-refractivity contribution is 5.36. The maximum atomic E-state index is 13.8. The third kappa shape index (κ3) is 2.85. The molecule has 1 N–H and O–H groups in total. The lowest BCUT2D eigenvalue weighted by atomic mass is 10.2. The summed E-state index contributed by atoms with van der Waals surface area (Å²) < 4.78 is 28.6. The van der Waals surface area contributed by atoms with Gasteiger partial charge in [-0.2, -0.15) is 0 Å². The summed E-state index contributed by atoms with van der Waals surface area (Å²) in [5, 5.41) is 11.1. The molecule has 1 heterocycles. The Morgan fingerprint density at radius 3 is 2.85 bits per heavy atom. The molecule has 1 aromatic carbocycles. The van der Waals surface area contributed by atoms with Gasteiger partial charge in [0.25, 0.3) is 0 Å². The molecule has 106 valence electrons. The zero-order chi connectivity index (χ0) is 14.1. The molecule has 0 bridgehead atoms. The Labute approximate surface area is 115 Å².